The van der Waals surface area contributed by atoms with Crippen LogP contribution in [-0.4, -0.2) is 57.5 Å². The third-order valence-electron chi connectivity index (χ3n) is 6.84. The first-order valence-corrected chi connectivity index (χ1v) is 16.1. The molecule has 0 aromatic carbocycles. The molecule has 1 unspecified atom stereocenters. The van der Waals surface area contributed by atoms with Gasteiger partial charge in [-0.2, -0.15) is 5.10 Å². The molecule has 11 heteroatoms. The van der Waals surface area contributed by atoms with E-state index in [0.717, 1.165) is 24.3 Å². The number of halogens is 2. The molecule has 1 aliphatic heterocycles. The number of rotatable bonds is 6. The number of pyridine rings is 1. The molecule has 2 fully saturated rings. The summed E-state index contributed by atoms with van der Waals surface area (Å²) in [6, 6.07) is 3.90. The van der Waals surface area contributed by atoms with Crippen LogP contribution in [0.15, 0.2) is 18.3 Å². The summed E-state index contributed by atoms with van der Waals surface area (Å²) in [4.78, 5) is 32.0. The normalized spacial score (nSPS) is 21.7. The SMILES string of the molecule is COc1cc(-c2c(Cl)c(C(=O)N3CCC(C(=O)NC4CCC(C)CC4)CC3)nn2PI)ccn1. The first kappa shape index (κ1) is 25.6. The number of ether oxygens (including phenoxy) is 1. The molecule has 4 rings (SSSR count). The van der Waals surface area contributed by atoms with E-state index in [9.17, 15) is 9.59 Å². The lowest BCUT2D eigenvalue weighted by molar-refractivity contribution is -0.127. The van der Waals surface area contributed by atoms with Gasteiger partial charge in [-0.15, -0.1) is 0 Å². The first-order chi connectivity index (χ1) is 16.4. The second-order valence-electron chi connectivity index (χ2n) is 9.13. The van der Waals surface area contributed by atoms with Crippen molar-refractivity contribution in [3.05, 3.63) is 29.0 Å². The molecule has 2 amide bonds. The number of nitrogens with one attached hydrogen (secondary N) is 1. The summed E-state index contributed by atoms with van der Waals surface area (Å²) in [5.41, 5.74) is 1.71. The van der Waals surface area contributed by atoms with Crippen LogP contribution in [0.4, 0.5) is 0 Å². The highest BCUT2D eigenvalue weighted by atomic mass is 127. The maximum atomic E-state index is 13.3. The van der Waals surface area contributed by atoms with Crippen LogP contribution < -0.4 is 10.1 Å². The van der Waals surface area contributed by atoms with Crippen LogP contribution in [0.25, 0.3) is 11.3 Å². The topological polar surface area (TPSA) is 89.4 Å². The van der Waals surface area contributed by atoms with Gasteiger partial charge in [-0.25, -0.2) is 9.44 Å². The monoisotopic (exact) mass is 617 g/mol. The Labute approximate surface area is 219 Å². The Hall–Kier alpha value is -1.45. The predicted octanol–water partition coefficient (Wildman–Crippen LogP) is 4.95. The highest BCUT2D eigenvalue weighted by Gasteiger charge is 2.32. The van der Waals surface area contributed by atoms with E-state index in [1.807, 2.05) is 6.07 Å². The van der Waals surface area contributed by atoms with Gasteiger partial charge in [-0.1, -0.05) is 18.5 Å². The quantitative estimate of drug-likeness (QED) is 0.366. The molecule has 3 heterocycles. The van der Waals surface area contributed by atoms with Crippen LogP contribution >= 0.6 is 40.0 Å². The smallest absolute Gasteiger partial charge is 0.275 e. The zero-order valence-corrected chi connectivity index (χ0v) is 23.3. The molecular weight excluding hydrogens is 588 g/mol. The van der Waals surface area contributed by atoms with E-state index >= 15 is 0 Å². The van der Waals surface area contributed by atoms with E-state index in [2.05, 4.69) is 44.4 Å². The Morgan fingerprint density at radius 1 is 1.21 bits per heavy atom. The van der Waals surface area contributed by atoms with Crippen LogP contribution in [0.3, 0.4) is 0 Å². The Kier molecular flexibility index (Phi) is 8.69. The molecule has 184 valence electrons. The average molecular weight is 618 g/mol. The maximum absolute atomic E-state index is 13.3. The molecule has 34 heavy (non-hydrogen) atoms. The molecule has 8 nitrogen and oxygen atoms in total. The molecule has 0 spiro atoms. The molecule has 2 aliphatic rings. The van der Waals surface area contributed by atoms with E-state index in [4.69, 9.17) is 16.3 Å². The highest BCUT2D eigenvalue weighted by Crippen LogP contribution is 2.39. The van der Waals surface area contributed by atoms with Crippen molar-refractivity contribution < 1.29 is 14.3 Å². The van der Waals surface area contributed by atoms with Crippen molar-refractivity contribution in [1.29, 1.82) is 0 Å². The number of aromatic nitrogens is 3. The van der Waals surface area contributed by atoms with Gasteiger partial charge in [-0.3, -0.25) is 9.59 Å². The van der Waals surface area contributed by atoms with Crippen LogP contribution in [0, 0.1) is 11.8 Å². The number of nitrogens with zero attached hydrogens (tertiary/aromatic N) is 4. The van der Waals surface area contributed by atoms with Gasteiger partial charge in [0.15, 0.2) is 5.69 Å². The summed E-state index contributed by atoms with van der Waals surface area (Å²) in [7, 11) is 1.56. The van der Waals surface area contributed by atoms with Crippen LogP contribution in [0.2, 0.25) is 5.02 Å². The largest absolute Gasteiger partial charge is 0.481 e. The Morgan fingerprint density at radius 2 is 1.91 bits per heavy atom. The van der Waals surface area contributed by atoms with Crippen LogP contribution in [0.5, 0.6) is 5.88 Å². The van der Waals surface area contributed by atoms with Crippen molar-refractivity contribution in [2.24, 2.45) is 11.8 Å². The fourth-order valence-corrected chi connectivity index (χ4v) is 6.62. The van der Waals surface area contributed by atoms with E-state index in [1.165, 1.54) is 12.8 Å². The van der Waals surface area contributed by atoms with E-state index in [0.29, 0.717) is 48.6 Å². The maximum Gasteiger partial charge on any atom is 0.275 e. The molecular formula is C23H30ClIN5O3P. The number of amides is 2. The number of carbonyl (C=O) groups excluding carboxylic acids is 2. The van der Waals surface area contributed by atoms with Gasteiger partial charge < -0.3 is 15.0 Å². The van der Waals surface area contributed by atoms with Crippen molar-refractivity contribution in [1.82, 2.24) is 24.8 Å². The Morgan fingerprint density at radius 3 is 2.56 bits per heavy atom. The Balaban J connectivity index is 1.41. The zero-order valence-electron chi connectivity index (χ0n) is 19.4. The van der Waals surface area contributed by atoms with Crippen molar-refractivity contribution in [3.63, 3.8) is 0 Å². The summed E-state index contributed by atoms with van der Waals surface area (Å²) in [6.45, 7) is 3.32. The van der Waals surface area contributed by atoms with Gasteiger partial charge in [-0.05, 0) is 72.6 Å². The second-order valence-corrected chi connectivity index (χ2v) is 11.5. The number of hydrogen-bond acceptors (Lipinski definition) is 5. The van der Waals surface area contributed by atoms with Crippen molar-refractivity contribution in [2.75, 3.05) is 20.2 Å². The predicted molar refractivity (Wildman–Crippen MR) is 143 cm³/mol. The number of piperidine rings is 1. The number of likely N-dealkylation sites (tertiary alicyclic amines) is 1. The summed E-state index contributed by atoms with van der Waals surface area (Å²) in [5.74, 6) is 1.11. The molecule has 2 aromatic rings. The number of carbonyl (C=O) groups is 2. The minimum absolute atomic E-state index is 0.0490. The zero-order chi connectivity index (χ0) is 24.2. The van der Waals surface area contributed by atoms with Crippen molar-refractivity contribution >= 4 is 51.8 Å². The molecule has 0 bridgehead atoms. The highest BCUT2D eigenvalue weighted by molar-refractivity contribution is 14.2. The summed E-state index contributed by atoms with van der Waals surface area (Å²) in [5, 5.41) is 8.10. The first-order valence-electron chi connectivity index (χ1n) is 11.7. The van der Waals surface area contributed by atoms with Gasteiger partial charge in [0.1, 0.15) is 0 Å². The summed E-state index contributed by atoms with van der Waals surface area (Å²) in [6.07, 6.45) is 7.70. The lowest BCUT2D eigenvalue weighted by atomic mass is 9.86. The molecule has 1 atom stereocenters. The summed E-state index contributed by atoms with van der Waals surface area (Å²) >= 11 is 8.91. The van der Waals surface area contributed by atoms with Gasteiger partial charge in [0.2, 0.25) is 11.8 Å². The van der Waals surface area contributed by atoms with E-state index in [1.54, 1.807) is 28.7 Å². The minimum Gasteiger partial charge on any atom is -0.481 e. The van der Waals surface area contributed by atoms with Crippen LogP contribution in [0.1, 0.15) is 55.9 Å². The fourth-order valence-electron chi connectivity index (χ4n) is 4.73. The standard InChI is InChI=1S/C23H30ClIN5O3P/c1-14-3-5-17(6-4-14)27-22(31)15-8-11-29(12-9-15)23(32)20-19(24)21(30(28-20)34-25)16-7-10-26-18(13-16)33-2/h7,10,13-15,17,34H,3-6,8-9,11-12H2,1-2H3,(H,27,31). The molecule has 1 aliphatic carbocycles. The third-order valence-corrected chi connectivity index (χ3v) is 9.06. The number of methoxy groups -OCH3 is 1. The average Bonchev–Trinajstić information content (AvgIpc) is 3.21. The summed E-state index contributed by atoms with van der Waals surface area (Å²) < 4.78 is 6.98. The van der Waals surface area contributed by atoms with Crippen LogP contribution in [-0.2, 0) is 4.79 Å². The van der Waals surface area contributed by atoms with Gasteiger partial charge in [0.25, 0.3) is 5.91 Å². The van der Waals surface area contributed by atoms with Crippen molar-refractivity contribution in [2.45, 2.75) is 51.5 Å². The molecule has 1 saturated heterocycles. The number of hydrogen-bond donors (Lipinski definition) is 1. The van der Waals surface area contributed by atoms with Gasteiger partial charge >= 0.3 is 0 Å². The van der Waals surface area contributed by atoms with E-state index in [-0.39, 0.29) is 29.8 Å². The lowest BCUT2D eigenvalue weighted by Gasteiger charge is -2.33. The minimum atomic E-state index is -0.194. The second kappa shape index (κ2) is 11.5. The molecule has 0 radical (unpaired) electrons. The lowest BCUT2D eigenvalue weighted by Crippen LogP contribution is -2.46. The van der Waals surface area contributed by atoms with Crippen molar-refractivity contribution in [3.8, 4) is 17.1 Å². The third kappa shape index (κ3) is 5.68. The Bertz CT molecular complexity index is 1040. The fraction of sp³-hybridized carbons (Fsp3) is 0.565. The molecule has 1 N–H and O–H groups in total. The molecule has 1 saturated carbocycles. The molecule has 2 aromatic heterocycles. The van der Waals surface area contributed by atoms with E-state index < -0.39 is 0 Å². The van der Waals surface area contributed by atoms with Gasteiger partial charge in [0.05, 0.1) is 24.2 Å². The van der Waals surface area contributed by atoms with Gasteiger partial charge in [0, 0.05) is 42.9 Å².